The molecule has 2 atom stereocenters. The Hall–Kier alpha value is -3.39. The minimum atomic E-state index is -1.26. The number of carboxylic acids is 1. The van der Waals surface area contributed by atoms with Gasteiger partial charge in [-0.25, -0.2) is 9.78 Å². The Labute approximate surface area is 200 Å². The van der Waals surface area contributed by atoms with Crippen molar-refractivity contribution in [2.24, 2.45) is 11.1 Å². The zero-order valence-electron chi connectivity index (χ0n) is 17.6. The highest BCUT2D eigenvalue weighted by Crippen LogP contribution is 2.49. The first kappa shape index (κ1) is 22.4. The second-order valence-electron chi connectivity index (χ2n) is 8.19. The molecule has 0 spiro atoms. The number of nitrogens with one attached hydrogen (secondary N) is 2. The summed E-state index contributed by atoms with van der Waals surface area (Å²) in [5.41, 5.74) is 6.92. The lowest BCUT2D eigenvalue weighted by atomic mass is 9.91. The second kappa shape index (κ2) is 8.43. The summed E-state index contributed by atoms with van der Waals surface area (Å²) in [5, 5.41) is 28.5. The lowest BCUT2D eigenvalue weighted by Crippen LogP contribution is -2.71. The van der Waals surface area contributed by atoms with Gasteiger partial charge in [0.25, 0.3) is 11.8 Å². The third-order valence-corrected chi connectivity index (χ3v) is 8.06. The number of hydrogen-bond acceptors (Lipinski definition) is 10. The number of carboxylic acid groups (broad SMARTS) is 1. The molecule has 0 unspecified atom stereocenters. The normalized spacial score (nSPS) is 26.1. The number of amides is 3. The molecule has 4 aliphatic rings. The molecule has 34 heavy (non-hydrogen) atoms. The standard InChI is InChI=1S/C20H20N6O6S2/c21-20-23-10(6-34-20)12(25-32)16(28)24-13-17(29)26-14(19(30)31)9(5-33-18(13)26)11(7-1-2-7)8-3-4-22-15(8)27/h6-7,13,18,32H,1-5H2,(H2,21,23)(H,22,27)(H,24,28)(H,30,31)/t13-,18-/m1/s1. The number of β-lactam (4-membered cyclic amide) rings is 1. The van der Waals surface area contributed by atoms with E-state index in [2.05, 4.69) is 20.8 Å². The van der Waals surface area contributed by atoms with Gasteiger partial charge in [0.1, 0.15) is 22.8 Å². The molecule has 1 saturated carbocycles. The van der Waals surface area contributed by atoms with Gasteiger partial charge in [0.15, 0.2) is 10.8 Å². The number of allylic oxidation sites excluding steroid dienone is 1. The average molecular weight is 505 g/mol. The third kappa shape index (κ3) is 3.62. The summed E-state index contributed by atoms with van der Waals surface area (Å²) < 4.78 is 0. The Kier molecular flexibility index (Phi) is 5.56. The van der Waals surface area contributed by atoms with E-state index in [1.165, 1.54) is 22.0 Å². The number of nitrogen functional groups attached to an aromatic ring is 1. The highest BCUT2D eigenvalue weighted by molar-refractivity contribution is 8.00. The van der Waals surface area contributed by atoms with Crippen LogP contribution >= 0.6 is 23.1 Å². The molecular formula is C20H20N6O6S2. The van der Waals surface area contributed by atoms with Gasteiger partial charge in [0.05, 0.1) is 0 Å². The molecule has 6 N–H and O–H groups in total. The van der Waals surface area contributed by atoms with Crippen molar-refractivity contribution in [3.8, 4) is 0 Å². The number of carbonyl (C=O) groups excluding carboxylic acids is 3. The molecule has 3 amide bonds. The fourth-order valence-corrected chi connectivity index (χ4v) is 6.38. The topological polar surface area (TPSA) is 187 Å². The fourth-order valence-electron chi connectivity index (χ4n) is 4.47. The number of thioether (sulfide) groups is 1. The SMILES string of the molecule is Nc1nc(C(=NO)C(=O)N[C@@H]2C(=O)N3C(C(=O)O)=C(C(=C4CCNC4=O)C4CC4)CS[C@H]23)cs1. The van der Waals surface area contributed by atoms with Crippen LogP contribution in [0.1, 0.15) is 25.0 Å². The molecule has 5 rings (SSSR count). The molecule has 1 aromatic heterocycles. The molecule has 2 saturated heterocycles. The molecule has 3 fully saturated rings. The van der Waals surface area contributed by atoms with Crippen molar-refractivity contribution in [3.63, 3.8) is 0 Å². The number of nitrogens with zero attached hydrogens (tertiary/aromatic N) is 3. The van der Waals surface area contributed by atoms with Crippen LogP contribution in [-0.4, -0.2) is 73.3 Å². The van der Waals surface area contributed by atoms with Gasteiger partial charge in [-0.2, -0.15) is 0 Å². The molecule has 0 bridgehead atoms. The highest BCUT2D eigenvalue weighted by Gasteiger charge is 2.55. The second-order valence-corrected chi connectivity index (χ2v) is 10.2. The number of carbonyl (C=O) groups is 4. The number of aromatic nitrogens is 1. The van der Waals surface area contributed by atoms with Crippen molar-refractivity contribution in [3.05, 3.63) is 33.5 Å². The smallest absolute Gasteiger partial charge is 0.352 e. The number of nitrogens with two attached hydrogens (primary N) is 1. The van der Waals surface area contributed by atoms with Gasteiger partial charge in [0, 0.05) is 23.3 Å². The van der Waals surface area contributed by atoms with Crippen LogP contribution in [0, 0.1) is 5.92 Å². The number of rotatable bonds is 6. The van der Waals surface area contributed by atoms with Crippen LogP contribution in [0.2, 0.25) is 0 Å². The van der Waals surface area contributed by atoms with Crippen LogP contribution in [-0.2, 0) is 19.2 Å². The summed E-state index contributed by atoms with van der Waals surface area (Å²) in [5.74, 6) is -2.47. The Morgan fingerprint density at radius 3 is 2.65 bits per heavy atom. The Morgan fingerprint density at radius 2 is 2.09 bits per heavy atom. The van der Waals surface area contributed by atoms with E-state index in [1.54, 1.807) is 0 Å². The summed E-state index contributed by atoms with van der Waals surface area (Å²) in [6, 6.07) is -1.01. The van der Waals surface area contributed by atoms with Gasteiger partial charge in [-0.15, -0.1) is 23.1 Å². The lowest BCUT2D eigenvalue weighted by Gasteiger charge is -2.49. The van der Waals surface area contributed by atoms with E-state index in [0.717, 1.165) is 29.8 Å². The molecule has 12 nitrogen and oxygen atoms in total. The van der Waals surface area contributed by atoms with E-state index in [0.29, 0.717) is 24.1 Å². The quantitative estimate of drug-likeness (QED) is 0.116. The van der Waals surface area contributed by atoms with Gasteiger partial charge < -0.3 is 26.7 Å². The molecule has 4 heterocycles. The maximum atomic E-state index is 13.0. The van der Waals surface area contributed by atoms with Crippen molar-refractivity contribution in [2.45, 2.75) is 30.7 Å². The first-order valence-electron chi connectivity index (χ1n) is 10.5. The van der Waals surface area contributed by atoms with Crippen LogP contribution in [0.15, 0.2) is 33.0 Å². The minimum Gasteiger partial charge on any atom is -0.477 e. The molecular weight excluding hydrogens is 484 g/mol. The minimum absolute atomic E-state index is 0.0615. The lowest BCUT2D eigenvalue weighted by molar-refractivity contribution is -0.150. The number of thiazole rings is 1. The maximum Gasteiger partial charge on any atom is 0.352 e. The molecule has 178 valence electrons. The van der Waals surface area contributed by atoms with Gasteiger partial charge in [-0.3, -0.25) is 19.3 Å². The average Bonchev–Trinajstić information content (AvgIpc) is 3.42. The van der Waals surface area contributed by atoms with Crippen LogP contribution in [0.4, 0.5) is 5.13 Å². The Bertz CT molecular complexity index is 1220. The number of fused-ring (bicyclic) bond motifs is 1. The largest absolute Gasteiger partial charge is 0.477 e. The molecule has 1 aliphatic carbocycles. The molecule has 0 aromatic carbocycles. The number of hydrogen-bond donors (Lipinski definition) is 5. The summed E-state index contributed by atoms with van der Waals surface area (Å²) in [4.78, 5) is 55.4. The summed E-state index contributed by atoms with van der Waals surface area (Å²) >= 11 is 2.37. The summed E-state index contributed by atoms with van der Waals surface area (Å²) in [6.07, 6.45) is 2.26. The Morgan fingerprint density at radius 1 is 1.32 bits per heavy atom. The summed E-state index contributed by atoms with van der Waals surface area (Å²) in [6.45, 7) is 0.506. The van der Waals surface area contributed by atoms with E-state index in [1.807, 2.05) is 0 Å². The van der Waals surface area contributed by atoms with Gasteiger partial charge in [0.2, 0.25) is 5.91 Å². The number of oxime groups is 1. The van der Waals surface area contributed by atoms with Crippen LogP contribution < -0.4 is 16.4 Å². The predicted molar refractivity (Wildman–Crippen MR) is 122 cm³/mol. The van der Waals surface area contributed by atoms with E-state index in [-0.39, 0.29) is 34.1 Å². The van der Waals surface area contributed by atoms with Crippen molar-refractivity contribution >= 4 is 57.6 Å². The molecule has 3 aliphatic heterocycles. The van der Waals surface area contributed by atoms with Crippen molar-refractivity contribution in [1.29, 1.82) is 0 Å². The van der Waals surface area contributed by atoms with Gasteiger partial charge in [-0.1, -0.05) is 5.16 Å². The highest BCUT2D eigenvalue weighted by atomic mass is 32.2. The first-order valence-corrected chi connectivity index (χ1v) is 12.4. The fraction of sp³-hybridized carbons (Fsp3) is 0.400. The number of anilines is 1. The third-order valence-electron chi connectivity index (χ3n) is 6.11. The van der Waals surface area contributed by atoms with Crippen molar-refractivity contribution in [1.82, 2.24) is 20.5 Å². The van der Waals surface area contributed by atoms with Gasteiger partial charge in [-0.05, 0) is 36.3 Å². The summed E-state index contributed by atoms with van der Waals surface area (Å²) in [7, 11) is 0. The monoisotopic (exact) mass is 504 g/mol. The van der Waals surface area contributed by atoms with Crippen LogP contribution in [0.3, 0.4) is 0 Å². The van der Waals surface area contributed by atoms with E-state index in [9.17, 15) is 29.5 Å². The first-order chi connectivity index (χ1) is 16.3. The van der Waals surface area contributed by atoms with Crippen LogP contribution in [0.5, 0.6) is 0 Å². The van der Waals surface area contributed by atoms with Crippen molar-refractivity contribution in [2.75, 3.05) is 18.0 Å². The van der Waals surface area contributed by atoms with E-state index < -0.39 is 34.9 Å². The number of aliphatic carboxylic acids is 1. The zero-order valence-corrected chi connectivity index (χ0v) is 19.2. The van der Waals surface area contributed by atoms with E-state index >= 15 is 0 Å². The predicted octanol–water partition coefficient (Wildman–Crippen LogP) is -0.131. The van der Waals surface area contributed by atoms with E-state index in [4.69, 9.17) is 5.73 Å². The zero-order chi connectivity index (χ0) is 24.1. The van der Waals surface area contributed by atoms with Gasteiger partial charge >= 0.3 is 5.97 Å². The Balaban J connectivity index is 1.42. The molecule has 1 aromatic rings. The molecule has 14 heteroatoms. The van der Waals surface area contributed by atoms with Crippen molar-refractivity contribution < 1.29 is 29.5 Å². The molecule has 0 radical (unpaired) electrons. The van der Waals surface area contributed by atoms with Crippen LogP contribution in [0.25, 0.3) is 0 Å². The maximum absolute atomic E-state index is 13.0.